The van der Waals surface area contributed by atoms with E-state index < -0.39 is 12.6 Å². The normalized spacial score (nSPS) is 15.1. The summed E-state index contributed by atoms with van der Waals surface area (Å²) >= 11 is 6.59. The van der Waals surface area contributed by atoms with E-state index in [1.54, 1.807) is 24.3 Å². The van der Waals surface area contributed by atoms with E-state index in [1.165, 1.54) is 16.7 Å². The lowest BCUT2D eigenvalue weighted by Crippen LogP contribution is -2.27. The van der Waals surface area contributed by atoms with E-state index in [2.05, 4.69) is 0 Å². The average molecular weight is 430 g/mol. The zero-order chi connectivity index (χ0) is 21.0. The molecule has 29 heavy (non-hydrogen) atoms. The molecule has 0 aromatic heterocycles. The van der Waals surface area contributed by atoms with Gasteiger partial charge in [0.2, 0.25) is 0 Å². The highest BCUT2D eigenvalue weighted by Gasteiger charge is 2.33. The van der Waals surface area contributed by atoms with Gasteiger partial charge in [-0.3, -0.25) is 9.69 Å². The number of ether oxygens (including phenoxy) is 2. The van der Waals surface area contributed by atoms with Gasteiger partial charge < -0.3 is 14.6 Å². The number of thiocarbonyl (C=S) groups is 1. The Morgan fingerprint density at radius 1 is 1.21 bits per heavy atom. The first kappa shape index (κ1) is 20.9. The highest BCUT2D eigenvalue weighted by molar-refractivity contribution is 8.27. The Kier molecular flexibility index (Phi) is 6.56. The Balaban J connectivity index is 1.96. The number of para-hydroxylation sites is 1. The molecule has 1 saturated heterocycles. The fraction of sp³-hybridized carbons (Fsp3) is 0.190. The van der Waals surface area contributed by atoms with Crippen molar-refractivity contribution in [3.63, 3.8) is 0 Å². The minimum Gasteiger partial charge on any atom is -0.490 e. The highest BCUT2D eigenvalue weighted by Crippen LogP contribution is 2.39. The van der Waals surface area contributed by atoms with E-state index in [-0.39, 0.29) is 11.7 Å². The van der Waals surface area contributed by atoms with Crippen LogP contribution in [0.5, 0.6) is 11.5 Å². The summed E-state index contributed by atoms with van der Waals surface area (Å²) in [6, 6.07) is 12.7. The van der Waals surface area contributed by atoms with Gasteiger partial charge in [-0.2, -0.15) is 0 Å². The second kappa shape index (κ2) is 9.11. The Morgan fingerprint density at radius 2 is 1.93 bits per heavy atom. The van der Waals surface area contributed by atoms with Crippen LogP contribution in [0.2, 0.25) is 0 Å². The van der Waals surface area contributed by atoms with Gasteiger partial charge in [0.1, 0.15) is 0 Å². The van der Waals surface area contributed by atoms with Gasteiger partial charge >= 0.3 is 5.97 Å². The number of carbonyl (C=O) groups excluding carboxylic acids is 1. The third-order valence-electron chi connectivity index (χ3n) is 4.02. The molecule has 1 fully saturated rings. The molecule has 2 aromatic carbocycles. The summed E-state index contributed by atoms with van der Waals surface area (Å²) in [6.07, 6.45) is 1.65. The number of hydrogen-bond donors (Lipinski definition) is 1. The van der Waals surface area contributed by atoms with Crippen LogP contribution in [0.25, 0.3) is 6.08 Å². The van der Waals surface area contributed by atoms with Crippen LogP contribution < -0.4 is 14.4 Å². The lowest BCUT2D eigenvalue weighted by atomic mass is 10.1. The number of aliphatic carboxylic acids is 1. The van der Waals surface area contributed by atoms with Gasteiger partial charge in [0.15, 0.2) is 22.4 Å². The number of rotatable bonds is 7. The Morgan fingerprint density at radius 3 is 2.59 bits per heavy atom. The van der Waals surface area contributed by atoms with Gasteiger partial charge in [-0.25, -0.2) is 4.79 Å². The van der Waals surface area contributed by atoms with Crippen LogP contribution in [0, 0.1) is 6.92 Å². The zero-order valence-electron chi connectivity index (χ0n) is 15.9. The molecule has 150 valence electrons. The second-order valence-electron chi connectivity index (χ2n) is 6.14. The van der Waals surface area contributed by atoms with Crippen LogP contribution >= 0.6 is 24.0 Å². The van der Waals surface area contributed by atoms with Gasteiger partial charge in [-0.15, -0.1) is 0 Å². The number of nitrogens with zero attached hydrogens (tertiary/aromatic N) is 1. The van der Waals surface area contributed by atoms with Gasteiger partial charge in [0.25, 0.3) is 5.91 Å². The number of amides is 1. The summed E-state index contributed by atoms with van der Waals surface area (Å²) in [7, 11) is 0. The molecule has 0 aliphatic carbocycles. The van der Waals surface area contributed by atoms with E-state index in [0.717, 1.165) is 5.56 Å². The third-order valence-corrected chi connectivity index (χ3v) is 5.32. The van der Waals surface area contributed by atoms with Gasteiger partial charge in [-0.05, 0) is 38.1 Å². The number of carboxylic acids is 1. The van der Waals surface area contributed by atoms with Crippen molar-refractivity contribution in [2.24, 2.45) is 0 Å². The van der Waals surface area contributed by atoms with Crippen LogP contribution in [0.15, 0.2) is 47.4 Å². The molecule has 1 amide bonds. The lowest BCUT2D eigenvalue weighted by Gasteiger charge is -2.15. The molecule has 8 heteroatoms. The zero-order valence-corrected chi connectivity index (χ0v) is 17.5. The molecule has 1 N–H and O–H groups in total. The highest BCUT2D eigenvalue weighted by atomic mass is 32.2. The fourth-order valence-corrected chi connectivity index (χ4v) is 4.02. The lowest BCUT2D eigenvalue weighted by molar-refractivity contribution is -0.139. The van der Waals surface area contributed by atoms with Crippen LogP contribution in [0.4, 0.5) is 5.69 Å². The Labute approximate surface area is 178 Å². The average Bonchev–Trinajstić information content (AvgIpc) is 2.95. The predicted octanol–water partition coefficient (Wildman–Crippen LogP) is 4.26. The first-order chi connectivity index (χ1) is 13.9. The SMILES string of the molecule is CCOc1cccc(/C=C2/SC(=S)N(c3ccc(C)cc3)C2=O)c1OCC(=O)O. The van der Waals surface area contributed by atoms with Crippen molar-refractivity contribution in [3.8, 4) is 11.5 Å². The smallest absolute Gasteiger partial charge is 0.341 e. The van der Waals surface area contributed by atoms with Gasteiger partial charge in [0.05, 0.1) is 17.2 Å². The van der Waals surface area contributed by atoms with E-state index >= 15 is 0 Å². The minimum atomic E-state index is -1.10. The molecular weight excluding hydrogens is 410 g/mol. The molecule has 1 aliphatic heterocycles. The van der Waals surface area contributed by atoms with Crippen molar-refractivity contribution in [1.29, 1.82) is 0 Å². The summed E-state index contributed by atoms with van der Waals surface area (Å²) in [5.41, 5.74) is 2.33. The van der Waals surface area contributed by atoms with Crippen LogP contribution in [0.3, 0.4) is 0 Å². The number of thioether (sulfide) groups is 1. The van der Waals surface area contributed by atoms with Crippen molar-refractivity contribution in [2.75, 3.05) is 18.1 Å². The van der Waals surface area contributed by atoms with Gasteiger partial charge in [0, 0.05) is 5.56 Å². The molecule has 0 unspecified atom stereocenters. The minimum absolute atomic E-state index is 0.241. The summed E-state index contributed by atoms with van der Waals surface area (Å²) in [4.78, 5) is 25.8. The van der Waals surface area contributed by atoms with Crippen molar-refractivity contribution in [2.45, 2.75) is 13.8 Å². The van der Waals surface area contributed by atoms with Crippen molar-refractivity contribution in [1.82, 2.24) is 0 Å². The van der Waals surface area contributed by atoms with Crippen LogP contribution in [-0.4, -0.2) is 34.5 Å². The van der Waals surface area contributed by atoms with E-state index in [9.17, 15) is 9.59 Å². The van der Waals surface area contributed by atoms with Crippen LogP contribution in [-0.2, 0) is 9.59 Å². The van der Waals surface area contributed by atoms with E-state index in [1.807, 2.05) is 38.1 Å². The Hall–Kier alpha value is -2.84. The first-order valence-electron chi connectivity index (χ1n) is 8.85. The number of carbonyl (C=O) groups is 2. The topological polar surface area (TPSA) is 76.1 Å². The van der Waals surface area contributed by atoms with Crippen molar-refractivity contribution < 1.29 is 24.2 Å². The maximum Gasteiger partial charge on any atom is 0.341 e. The maximum absolute atomic E-state index is 13.0. The molecule has 1 aliphatic rings. The number of carboxylic acid groups (broad SMARTS) is 1. The van der Waals surface area contributed by atoms with Crippen LogP contribution in [0.1, 0.15) is 18.1 Å². The molecule has 0 saturated carbocycles. The molecular formula is C21H19NO5S2. The monoisotopic (exact) mass is 429 g/mol. The number of benzene rings is 2. The number of anilines is 1. The summed E-state index contributed by atoms with van der Waals surface area (Å²) in [5.74, 6) is -0.656. The van der Waals surface area contributed by atoms with Gasteiger partial charge in [-0.1, -0.05) is 53.8 Å². The largest absolute Gasteiger partial charge is 0.490 e. The molecule has 6 nitrogen and oxygen atoms in total. The molecule has 0 atom stereocenters. The quantitative estimate of drug-likeness (QED) is 0.520. The molecule has 0 radical (unpaired) electrons. The Bertz CT molecular complexity index is 985. The number of aryl methyl sites for hydroxylation is 1. The second-order valence-corrected chi connectivity index (χ2v) is 7.82. The number of hydrogen-bond acceptors (Lipinski definition) is 6. The third kappa shape index (κ3) is 4.78. The standard InChI is InChI=1S/C21H19NO5S2/c1-3-26-16-6-4-5-14(19(16)27-12-18(23)24)11-17-20(25)22(21(28)29-17)15-9-7-13(2)8-10-15/h4-11H,3,12H2,1-2H3,(H,23,24)/b17-11+. The molecule has 3 rings (SSSR count). The van der Waals surface area contributed by atoms with E-state index in [4.69, 9.17) is 26.8 Å². The predicted molar refractivity (Wildman–Crippen MR) is 118 cm³/mol. The van der Waals surface area contributed by atoms with Crippen molar-refractivity contribution in [3.05, 3.63) is 58.5 Å². The molecule has 0 spiro atoms. The molecule has 0 bridgehead atoms. The molecule has 1 heterocycles. The maximum atomic E-state index is 13.0. The fourth-order valence-electron chi connectivity index (χ4n) is 2.73. The first-order valence-corrected chi connectivity index (χ1v) is 10.1. The molecule has 2 aromatic rings. The summed E-state index contributed by atoms with van der Waals surface area (Å²) < 4.78 is 11.4. The van der Waals surface area contributed by atoms with E-state index in [0.29, 0.717) is 32.8 Å². The summed E-state index contributed by atoms with van der Waals surface area (Å²) in [5, 5.41) is 8.96. The summed E-state index contributed by atoms with van der Waals surface area (Å²) in [6.45, 7) is 3.66. The van der Waals surface area contributed by atoms with Crippen molar-refractivity contribution >= 4 is 51.9 Å².